The molecule has 0 saturated heterocycles. The van der Waals surface area contributed by atoms with Crippen molar-refractivity contribution in [3.05, 3.63) is 71.0 Å². The third kappa shape index (κ3) is 4.19. The third-order valence-electron chi connectivity index (χ3n) is 3.80. The van der Waals surface area contributed by atoms with Crippen LogP contribution in [0.25, 0.3) is 5.69 Å². The zero-order valence-electron chi connectivity index (χ0n) is 14.4. The van der Waals surface area contributed by atoms with Crippen LogP contribution < -0.4 is 5.32 Å². The fourth-order valence-corrected chi connectivity index (χ4v) is 2.41. The molecule has 26 heavy (non-hydrogen) atoms. The number of carbonyl (C=O) groups excluding carboxylic acids is 1. The van der Waals surface area contributed by atoms with E-state index in [0.29, 0.717) is 17.1 Å². The molecule has 0 aliphatic heterocycles. The molecule has 1 amide bonds. The van der Waals surface area contributed by atoms with Crippen LogP contribution in [0, 0.1) is 0 Å². The van der Waals surface area contributed by atoms with Crippen LogP contribution in [0.1, 0.15) is 16.1 Å². The van der Waals surface area contributed by atoms with Crippen molar-refractivity contribution in [2.75, 3.05) is 19.5 Å². The zero-order valence-corrected chi connectivity index (χ0v) is 15.1. The van der Waals surface area contributed by atoms with Crippen molar-refractivity contribution in [3.8, 4) is 5.69 Å². The molecule has 0 radical (unpaired) electrons. The summed E-state index contributed by atoms with van der Waals surface area (Å²) in [5.74, 6) is -0.204. The molecule has 1 heterocycles. The van der Waals surface area contributed by atoms with Gasteiger partial charge in [0.2, 0.25) is 0 Å². The van der Waals surface area contributed by atoms with E-state index in [1.54, 1.807) is 36.0 Å². The minimum absolute atomic E-state index is 0.204. The molecule has 1 aromatic heterocycles. The predicted octanol–water partition coefficient (Wildman–Crippen LogP) is 3.17. The Balaban J connectivity index is 1.61. The highest BCUT2D eigenvalue weighted by atomic mass is 35.5. The lowest BCUT2D eigenvalue weighted by Crippen LogP contribution is -2.25. The van der Waals surface area contributed by atoms with Gasteiger partial charge in [-0.25, -0.2) is 9.75 Å². The molecule has 3 aromatic rings. The summed E-state index contributed by atoms with van der Waals surface area (Å²) >= 11 is 5.89. The quantitative estimate of drug-likeness (QED) is 0.674. The van der Waals surface area contributed by atoms with Crippen molar-refractivity contribution in [2.24, 2.45) is 0 Å². The number of benzene rings is 2. The largest absolute Gasteiger partial charge is 0.379 e. The molecule has 134 valence electrons. The second-order valence-corrected chi connectivity index (χ2v) is 5.98. The van der Waals surface area contributed by atoms with Crippen molar-refractivity contribution in [2.45, 2.75) is 6.54 Å². The predicted molar refractivity (Wildman–Crippen MR) is 99.2 cm³/mol. The molecule has 7 nitrogen and oxygen atoms in total. The second-order valence-electron chi connectivity index (χ2n) is 5.55. The Kier molecular flexibility index (Phi) is 5.50. The number of nitrogens with zero attached hydrogens (tertiary/aromatic N) is 4. The average Bonchev–Trinajstić information content (AvgIpc) is 3.15. The minimum Gasteiger partial charge on any atom is -0.379 e. The molecule has 0 saturated carbocycles. The normalized spacial score (nSPS) is 10.6. The number of hydroxylamine groups is 2. The fourth-order valence-electron chi connectivity index (χ4n) is 2.29. The van der Waals surface area contributed by atoms with Gasteiger partial charge in [-0.3, -0.25) is 9.63 Å². The van der Waals surface area contributed by atoms with E-state index < -0.39 is 0 Å². The molecule has 1 N–H and O–H groups in total. The van der Waals surface area contributed by atoms with E-state index in [-0.39, 0.29) is 5.91 Å². The highest BCUT2D eigenvalue weighted by Crippen LogP contribution is 2.14. The van der Waals surface area contributed by atoms with Crippen molar-refractivity contribution >= 4 is 23.2 Å². The topological polar surface area (TPSA) is 72.3 Å². The maximum absolute atomic E-state index is 12.0. The maximum Gasteiger partial charge on any atom is 0.277 e. The summed E-state index contributed by atoms with van der Waals surface area (Å²) in [5.41, 5.74) is 3.11. The Bertz CT molecular complexity index is 877. The van der Waals surface area contributed by atoms with Gasteiger partial charge in [-0.2, -0.15) is 0 Å². The summed E-state index contributed by atoms with van der Waals surface area (Å²) in [6, 6.07) is 14.5. The van der Waals surface area contributed by atoms with Gasteiger partial charge in [0.05, 0.1) is 25.5 Å². The second kappa shape index (κ2) is 7.99. The molecule has 0 aliphatic rings. The van der Waals surface area contributed by atoms with Gasteiger partial charge in [-0.1, -0.05) is 16.8 Å². The van der Waals surface area contributed by atoms with E-state index in [2.05, 4.69) is 15.6 Å². The SMILES string of the molecule is CON(C)C(=O)c1ccc(NCc2cn(-c3ccc(Cl)cc3)nn2)cc1. The van der Waals surface area contributed by atoms with Crippen LogP contribution in [-0.4, -0.2) is 40.1 Å². The third-order valence-corrected chi connectivity index (χ3v) is 4.05. The number of aromatic nitrogens is 3. The number of anilines is 1. The summed E-state index contributed by atoms with van der Waals surface area (Å²) in [6.07, 6.45) is 1.85. The molecule has 2 aromatic carbocycles. The summed E-state index contributed by atoms with van der Waals surface area (Å²) in [7, 11) is 3.02. The van der Waals surface area contributed by atoms with Crippen LogP contribution in [0.15, 0.2) is 54.7 Å². The highest BCUT2D eigenvalue weighted by molar-refractivity contribution is 6.30. The number of hydrogen-bond donors (Lipinski definition) is 1. The first-order chi connectivity index (χ1) is 12.6. The first-order valence-electron chi connectivity index (χ1n) is 7.90. The van der Waals surface area contributed by atoms with Crippen LogP contribution in [-0.2, 0) is 11.4 Å². The van der Waals surface area contributed by atoms with Gasteiger partial charge >= 0.3 is 0 Å². The molecule has 0 fully saturated rings. The molecule has 0 atom stereocenters. The van der Waals surface area contributed by atoms with Gasteiger partial charge in [0.1, 0.15) is 5.69 Å². The molecule has 0 unspecified atom stereocenters. The highest BCUT2D eigenvalue weighted by Gasteiger charge is 2.10. The fraction of sp³-hybridized carbons (Fsp3) is 0.167. The van der Waals surface area contributed by atoms with Crippen LogP contribution in [0.4, 0.5) is 5.69 Å². The Hall–Kier alpha value is -2.90. The minimum atomic E-state index is -0.204. The zero-order chi connectivity index (χ0) is 18.5. The number of rotatable bonds is 6. The Labute approximate surface area is 156 Å². The summed E-state index contributed by atoms with van der Waals surface area (Å²) in [6.45, 7) is 0.513. The monoisotopic (exact) mass is 371 g/mol. The molecule has 3 rings (SSSR count). The number of halogens is 1. The van der Waals surface area contributed by atoms with Gasteiger partial charge in [0.15, 0.2) is 0 Å². The van der Waals surface area contributed by atoms with Crippen molar-refractivity contribution < 1.29 is 9.63 Å². The Morgan fingerprint density at radius 1 is 1.19 bits per heavy atom. The van der Waals surface area contributed by atoms with E-state index >= 15 is 0 Å². The van der Waals surface area contributed by atoms with E-state index in [1.807, 2.05) is 30.5 Å². The summed E-state index contributed by atoms with van der Waals surface area (Å²) in [5, 5.41) is 13.4. The standard InChI is InChI=1S/C18H18ClN5O2/c1-23(26-2)18(25)13-3-7-15(8-4-13)20-11-16-12-24(22-21-16)17-9-5-14(19)6-10-17/h3-10,12,20H,11H2,1-2H3. The molecule has 0 bridgehead atoms. The average molecular weight is 372 g/mol. The molecular weight excluding hydrogens is 354 g/mol. The molecular formula is C18H18ClN5O2. The van der Waals surface area contributed by atoms with E-state index in [9.17, 15) is 4.79 Å². The van der Waals surface area contributed by atoms with Crippen LogP contribution in [0.2, 0.25) is 5.02 Å². The lowest BCUT2D eigenvalue weighted by molar-refractivity contribution is -0.0756. The van der Waals surface area contributed by atoms with Gasteiger partial charge in [-0.15, -0.1) is 5.10 Å². The maximum atomic E-state index is 12.0. The molecule has 0 aliphatic carbocycles. The van der Waals surface area contributed by atoms with E-state index in [4.69, 9.17) is 16.4 Å². The van der Waals surface area contributed by atoms with Crippen molar-refractivity contribution in [1.82, 2.24) is 20.1 Å². The van der Waals surface area contributed by atoms with E-state index in [0.717, 1.165) is 17.1 Å². The number of hydrogen-bond acceptors (Lipinski definition) is 5. The number of nitrogens with one attached hydrogen (secondary N) is 1. The Morgan fingerprint density at radius 2 is 1.88 bits per heavy atom. The number of amides is 1. The smallest absolute Gasteiger partial charge is 0.277 e. The summed E-state index contributed by atoms with van der Waals surface area (Å²) in [4.78, 5) is 16.9. The first-order valence-corrected chi connectivity index (χ1v) is 8.28. The molecule has 0 spiro atoms. The van der Waals surface area contributed by atoms with Crippen LogP contribution >= 0.6 is 11.6 Å². The van der Waals surface area contributed by atoms with Gasteiger partial charge in [0, 0.05) is 23.3 Å². The lowest BCUT2D eigenvalue weighted by Gasteiger charge is -2.13. The molecule has 8 heteroatoms. The summed E-state index contributed by atoms with van der Waals surface area (Å²) < 4.78 is 1.69. The van der Waals surface area contributed by atoms with Gasteiger partial charge in [0.25, 0.3) is 5.91 Å². The van der Waals surface area contributed by atoms with Gasteiger partial charge < -0.3 is 5.32 Å². The van der Waals surface area contributed by atoms with Crippen molar-refractivity contribution in [1.29, 1.82) is 0 Å². The van der Waals surface area contributed by atoms with Crippen molar-refractivity contribution in [3.63, 3.8) is 0 Å². The van der Waals surface area contributed by atoms with Crippen LogP contribution in [0.3, 0.4) is 0 Å². The van der Waals surface area contributed by atoms with Crippen LogP contribution in [0.5, 0.6) is 0 Å². The number of carbonyl (C=O) groups is 1. The first kappa shape index (κ1) is 17.9. The Morgan fingerprint density at radius 3 is 2.54 bits per heavy atom. The van der Waals surface area contributed by atoms with Gasteiger partial charge in [-0.05, 0) is 48.5 Å². The lowest BCUT2D eigenvalue weighted by atomic mass is 10.2. The van der Waals surface area contributed by atoms with E-state index in [1.165, 1.54) is 12.2 Å².